The van der Waals surface area contributed by atoms with Crippen molar-refractivity contribution in [2.75, 3.05) is 14.2 Å². The van der Waals surface area contributed by atoms with Crippen molar-refractivity contribution in [3.63, 3.8) is 0 Å². The zero-order valence-electron chi connectivity index (χ0n) is 15.1. The molecule has 1 N–H and O–H groups in total. The number of carbonyl (C=O) groups is 1. The number of ketones is 1. The summed E-state index contributed by atoms with van der Waals surface area (Å²) in [5, 5.41) is 3.48. The summed E-state index contributed by atoms with van der Waals surface area (Å²) in [7, 11) is 3.25. The van der Waals surface area contributed by atoms with Crippen LogP contribution in [-0.4, -0.2) is 25.5 Å². The van der Waals surface area contributed by atoms with Crippen LogP contribution in [0.1, 0.15) is 35.3 Å². The zero-order chi connectivity index (χ0) is 18.0. The molecular weight excluding hydrogens is 314 g/mol. The molecule has 0 bridgehead atoms. The second kappa shape index (κ2) is 6.63. The molecule has 1 heterocycles. The van der Waals surface area contributed by atoms with E-state index in [9.17, 15) is 4.79 Å². The first-order chi connectivity index (χ1) is 11.9. The molecular formula is C21H23NO3. The van der Waals surface area contributed by atoms with Gasteiger partial charge in [-0.25, -0.2) is 0 Å². The van der Waals surface area contributed by atoms with Crippen molar-refractivity contribution in [3.8, 4) is 11.5 Å². The van der Waals surface area contributed by atoms with Crippen molar-refractivity contribution >= 4 is 11.5 Å². The normalized spacial score (nSPS) is 16.7. The Morgan fingerprint density at radius 2 is 1.68 bits per heavy atom. The summed E-state index contributed by atoms with van der Waals surface area (Å²) in [4.78, 5) is 12.7. The highest BCUT2D eigenvalue weighted by Gasteiger charge is 2.28. The molecule has 3 rings (SSSR count). The lowest BCUT2D eigenvalue weighted by Crippen LogP contribution is -2.43. The summed E-state index contributed by atoms with van der Waals surface area (Å²) >= 11 is 0. The Bertz CT molecular complexity index is 820. The maximum absolute atomic E-state index is 12.7. The molecule has 2 aromatic rings. The van der Waals surface area contributed by atoms with E-state index in [2.05, 4.69) is 25.2 Å². The van der Waals surface area contributed by atoms with Crippen LogP contribution in [0.3, 0.4) is 0 Å². The third-order valence-electron chi connectivity index (χ3n) is 4.36. The minimum atomic E-state index is -0.117. The van der Waals surface area contributed by atoms with E-state index in [4.69, 9.17) is 9.47 Å². The average molecular weight is 337 g/mol. The van der Waals surface area contributed by atoms with Crippen LogP contribution < -0.4 is 14.8 Å². The Morgan fingerprint density at radius 3 is 2.32 bits per heavy atom. The van der Waals surface area contributed by atoms with Crippen molar-refractivity contribution in [3.05, 3.63) is 65.2 Å². The average Bonchev–Trinajstić information content (AvgIpc) is 2.60. The fourth-order valence-electron chi connectivity index (χ4n) is 3.12. The number of hydrogen-bond acceptors (Lipinski definition) is 4. The largest absolute Gasteiger partial charge is 0.497 e. The van der Waals surface area contributed by atoms with Gasteiger partial charge in [0.25, 0.3) is 0 Å². The Morgan fingerprint density at radius 1 is 1.04 bits per heavy atom. The SMILES string of the molecule is COc1ccc(C(=O)/C=C2\NC(C)(C)Cc3ccc(OC)cc32)cc1. The summed E-state index contributed by atoms with van der Waals surface area (Å²) in [5.74, 6) is 1.47. The molecule has 1 aliphatic heterocycles. The summed E-state index contributed by atoms with van der Waals surface area (Å²) < 4.78 is 10.5. The van der Waals surface area contributed by atoms with E-state index >= 15 is 0 Å². The second-order valence-corrected chi connectivity index (χ2v) is 6.86. The van der Waals surface area contributed by atoms with E-state index in [0.29, 0.717) is 5.56 Å². The molecule has 0 aromatic heterocycles. The number of rotatable bonds is 4. The molecule has 4 heteroatoms. The highest BCUT2D eigenvalue weighted by molar-refractivity contribution is 6.08. The number of benzene rings is 2. The van der Waals surface area contributed by atoms with Gasteiger partial charge in [-0.2, -0.15) is 0 Å². The summed E-state index contributed by atoms with van der Waals surface area (Å²) in [5.41, 5.74) is 3.56. The standard InChI is InChI=1S/C21H23NO3/c1-21(2)13-15-7-10-17(25-4)11-18(15)19(22-21)12-20(23)14-5-8-16(24-3)9-6-14/h5-12,22H,13H2,1-4H3/b19-12-. The molecule has 0 saturated heterocycles. The molecule has 0 spiro atoms. The molecule has 25 heavy (non-hydrogen) atoms. The lowest BCUT2D eigenvalue weighted by atomic mass is 9.85. The van der Waals surface area contributed by atoms with Gasteiger partial charge in [0.2, 0.25) is 0 Å². The van der Waals surface area contributed by atoms with Gasteiger partial charge in [0, 0.05) is 28.4 Å². The van der Waals surface area contributed by atoms with Crippen LogP contribution in [0.15, 0.2) is 48.5 Å². The first-order valence-electron chi connectivity index (χ1n) is 8.27. The van der Waals surface area contributed by atoms with Crippen molar-refractivity contribution in [2.24, 2.45) is 0 Å². The van der Waals surface area contributed by atoms with Crippen LogP contribution in [0.4, 0.5) is 0 Å². The minimum absolute atomic E-state index is 0.0448. The minimum Gasteiger partial charge on any atom is -0.497 e. The van der Waals surface area contributed by atoms with Gasteiger partial charge in [0.1, 0.15) is 11.5 Å². The molecule has 4 nitrogen and oxygen atoms in total. The van der Waals surface area contributed by atoms with Gasteiger partial charge in [-0.1, -0.05) is 6.07 Å². The van der Waals surface area contributed by atoms with Crippen molar-refractivity contribution in [1.29, 1.82) is 0 Å². The van der Waals surface area contributed by atoms with Crippen LogP contribution >= 0.6 is 0 Å². The zero-order valence-corrected chi connectivity index (χ0v) is 15.1. The smallest absolute Gasteiger partial charge is 0.187 e. The van der Waals surface area contributed by atoms with Gasteiger partial charge in [-0.3, -0.25) is 4.79 Å². The molecule has 0 unspecified atom stereocenters. The van der Waals surface area contributed by atoms with Gasteiger partial charge in [0.15, 0.2) is 5.78 Å². The van der Waals surface area contributed by atoms with E-state index < -0.39 is 0 Å². The number of ether oxygens (including phenoxy) is 2. The van der Waals surface area contributed by atoms with Crippen LogP contribution in [0.25, 0.3) is 5.70 Å². The Kier molecular flexibility index (Phi) is 4.53. The van der Waals surface area contributed by atoms with Crippen LogP contribution in [-0.2, 0) is 6.42 Å². The molecule has 0 fully saturated rings. The predicted molar refractivity (Wildman–Crippen MR) is 99.2 cm³/mol. The monoisotopic (exact) mass is 337 g/mol. The predicted octanol–water partition coefficient (Wildman–Crippen LogP) is 3.85. The molecule has 0 aliphatic carbocycles. The summed E-state index contributed by atoms with van der Waals surface area (Å²) in [6, 6.07) is 13.1. The van der Waals surface area contributed by atoms with Crippen LogP contribution in [0.2, 0.25) is 0 Å². The third kappa shape index (κ3) is 3.68. The summed E-state index contributed by atoms with van der Waals surface area (Å²) in [6.07, 6.45) is 2.56. The lowest BCUT2D eigenvalue weighted by molar-refractivity contribution is 0.104. The third-order valence-corrected chi connectivity index (χ3v) is 4.36. The molecule has 0 atom stereocenters. The van der Waals surface area contributed by atoms with Crippen LogP contribution in [0.5, 0.6) is 11.5 Å². The fraction of sp³-hybridized carbons (Fsp3) is 0.286. The molecule has 0 radical (unpaired) electrons. The van der Waals surface area contributed by atoms with Gasteiger partial charge >= 0.3 is 0 Å². The number of hydrogen-bond donors (Lipinski definition) is 1. The number of carbonyl (C=O) groups excluding carboxylic acids is 1. The lowest BCUT2D eigenvalue weighted by Gasteiger charge is -2.35. The van der Waals surface area contributed by atoms with E-state index in [1.54, 1.807) is 44.6 Å². The maximum atomic E-state index is 12.7. The molecule has 0 saturated carbocycles. The Labute approximate surface area is 148 Å². The molecule has 0 amide bonds. The number of allylic oxidation sites excluding steroid dienone is 1. The van der Waals surface area contributed by atoms with Gasteiger partial charge in [-0.15, -0.1) is 0 Å². The fourth-order valence-corrected chi connectivity index (χ4v) is 3.12. The van der Waals surface area contributed by atoms with Crippen molar-refractivity contribution < 1.29 is 14.3 Å². The van der Waals surface area contributed by atoms with Gasteiger partial charge in [0.05, 0.1) is 14.2 Å². The first kappa shape index (κ1) is 17.1. The summed E-state index contributed by atoms with van der Waals surface area (Å²) in [6.45, 7) is 4.26. The van der Waals surface area contributed by atoms with E-state index in [0.717, 1.165) is 29.2 Å². The second-order valence-electron chi connectivity index (χ2n) is 6.86. The Hall–Kier alpha value is -2.75. The number of nitrogens with one attached hydrogen (secondary N) is 1. The maximum Gasteiger partial charge on any atom is 0.187 e. The van der Waals surface area contributed by atoms with Gasteiger partial charge < -0.3 is 14.8 Å². The van der Waals surface area contributed by atoms with Gasteiger partial charge in [-0.05, 0) is 62.2 Å². The first-order valence-corrected chi connectivity index (χ1v) is 8.27. The quantitative estimate of drug-likeness (QED) is 0.680. The van der Waals surface area contributed by atoms with Crippen LogP contribution in [0, 0.1) is 0 Å². The van der Waals surface area contributed by atoms with Crippen molar-refractivity contribution in [1.82, 2.24) is 5.32 Å². The number of fused-ring (bicyclic) bond motifs is 1. The molecule has 1 aliphatic rings. The highest BCUT2D eigenvalue weighted by atomic mass is 16.5. The molecule has 2 aromatic carbocycles. The van der Waals surface area contributed by atoms with E-state index in [-0.39, 0.29) is 11.3 Å². The topological polar surface area (TPSA) is 47.6 Å². The number of methoxy groups -OCH3 is 2. The van der Waals surface area contributed by atoms with Crippen molar-refractivity contribution in [2.45, 2.75) is 25.8 Å². The Balaban J connectivity index is 1.99. The highest BCUT2D eigenvalue weighted by Crippen LogP contribution is 2.32. The van der Waals surface area contributed by atoms with E-state index in [1.165, 1.54) is 5.56 Å². The molecule has 130 valence electrons. The van der Waals surface area contributed by atoms with E-state index in [1.807, 2.05) is 12.1 Å².